The Labute approximate surface area is 124 Å². The molecule has 0 aliphatic rings. The molecule has 1 rings (SSSR count). The molecule has 1 amide bonds. The average molecular weight is 319 g/mol. The van der Waals surface area contributed by atoms with Gasteiger partial charge in [-0.2, -0.15) is 0 Å². The van der Waals surface area contributed by atoms with Crippen LogP contribution in [0.5, 0.6) is 0 Å². The number of carbonyl (C=O) groups is 1. The number of sulfonamides is 1. The van der Waals surface area contributed by atoms with E-state index < -0.39 is 10.0 Å². The Hall–Kier alpha value is -1.11. The molecule has 0 spiro atoms. The van der Waals surface area contributed by atoms with Crippen LogP contribution in [-0.2, 0) is 10.0 Å². The van der Waals surface area contributed by atoms with E-state index in [1.54, 1.807) is 0 Å². The highest BCUT2D eigenvalue weighted by Crippen LogP contribution is 2.23. The van der Waals surface area contributed by atoms with E-state index in [4.69, 9.17) is 16.7 Å². The first kappa shape index (κ1) is 16.9. The highest BCUT2D eigenvalue weighted by atomic mass is 35.5. The third kappa shape index (κ3) is 3.94. The smallest absolute Gasteiger partial charge is 0.251 e. The van der Waals surface area contributed by atoms with Crippen LogP contribution in [0.25, 0.3) is 0 Å². The van der Waals surface area contributed by atoms with Gasteiger partial charge in [-0.05, 0) is 37.5 Å². The standard InChI is InChI=1S/C13H19ClN2O3S/c1-7(2)9(4)16-13(17)11-5-10(14)6-12(8(11)3)20(15,18)19/h5-7,9H,1-4H3,(H,16,17)(H2,15,18,19). The molecule has 0 heterocycles. The molecule has 20 heavy (non-hydrogen) atoms. The quantitative estimate of drug-likeness (QED) is 0.890. The van der Waals surface area contributed by atoms with Gasteiger partial charge in [0.1, 0.15) is 0 Å². The van der Waals surface area contributed by atoms with Crippen LogP contribution in [0.15, 0.2) is 17.0 Å². The number of hydrogen-bond acceptors (Lipinski definition) is 3. The van der Waals surface area contributed by atoms with Gasteiger partial charge < -0.3 is 5.32 Å². The van der Waals surface area contributed by atoms with E-state index in [1.165, 1.54) is 19.1 Å². The second-order valence-corrected chi connectivity index (χ2v) is 7.09. The van der Waals surface area contributed by atoms with Crippen LogP contribution in [0.3, 0.4) is 0 Å². The van der Waals surface area contributed by atoms with Gasteiger partial charge in [-0.15, -0.1) is 0 Å². The third-order valence-corrected chi connectivity index (χ3v) is 4.49. The van der Waals surface area contributed by atoms with E-state index >= 15 is 0 Å². The van der Waals surface area contributed by atoms with Gasteiger partial charge in [0.2, 0.25) is 10.0 Å². The van der Waals surface area contributed by atoms with Gasteiger partial charge in [-0.25, -0.2) is 13.6 Å². The van der Waals surface area contributed by atoms with E-state index in [0.29, 0.717) is 5.56 Å². The SMILES string of the molecule is Cc1c(C(=O)NC(C)C(C)C)cc(Cl)cc1S(N)(=O)=O. The van der Waals surface area contributed by atoms with Gasteiger partial charge in [0.15, 0.2) is 0 Å². The second kappa shape index (κ2) is 6.11. The van der Waals surface area contributed by atoms with Gasteiger partial charge in [-0.3, -0.25) is 4.79 Å². The summed E-state index contributed by atoms with van der Waals surface area (Å²) in [5.74, 6) is -0.104. The van der Waals surface area contributed by atoms with Crippen LogP contribution in [-0.4, -0.2) is 20.4 Å². The molecule has 1 unspecified atom stereocenters. The van der Waals surface area contributed by atoms with Crippen LogP contribution in [0.4, 0.5) is 0 Å². The monoisotopic (exact) mass is 318 g/mol. The van der Waals surface area contributed by atoms with Gasteiger partial charge >= 0.3 is 0 Å². The molecule has 0 saturated carbocycles. The number of nitrogens with two attached hydrogens (primary N) is 1. The normalized spacial score (nSPS) is 13.3. The summed E-state index contributed by atoms with van der Waals surface area (Å²) < 4.78 is 23.0. The van der Waals surface area contributed by atoms with Crippen LogP contribution in [0.1, 0.15) is 36.7 Å². The molecule has 5 nitrogen and oxygen atoms in total. The summed E-state index contributed by atoms with van der Waals surface area (Å²) in [5, 5.41) is 8.09. The summed E-state index contributed by atoms with van der Waals surface area (Å²) in [6, 6.07) is 2.64. The fraction of sp³-hybridized carbons (Fsp3) is 0.462. The molecule has 1 aromatic carbocycles. The maximum atomic E-state index is 12.2. The van der Waals surface area contributed by atoms with Crippen molar-refractivity contribution in [2.75, 3.05) is 0 Å². The van der Waals surface area contributed by atoms with E-state index in [2.05, 4.69) is 5.32 Å². The molecular weight excluding hydrogens is 300 g/mol. The zero-order valence-corrected chi connectivity index (χ0v) is 13.5. The first-order chi connectivity index (χ1) is 9.04. The lowest BCUT2D eigenvalue weighted by Crippen LogP contribution is -2.36. The Balaban J connectivity index is 3.26. The summed E-state index contributed by atoms with van der Waals surface area (Å²) in [6.45, 7) is 7.37. The van der Waals surface area contributed by atoms with Crippen LogP contribution < -0.4 is 10.5 Å². The summed E-state index contributed by atoms with van der Waals surface area (Å²) in [5.41, 5.74) is 0.513. The topological polar surface area (TPSA) is 89.3 Å². The number of carbonyl (C=O) groups excluding carboxylic acids is 1. The number of nitrogens with one attached hydrogen (secondary N) is 1. The first-order valence-electron chi connectivity index (χ1n) is 6.18. The second-order valence-electron chi connectivity index (χ2n) is 5.13. The highest BCUT2D eigenvalue weighted by molar-refractivity contribution is 7.89. The van der Waals surface area contributed by atoms with Gasteiger partial charge in [0, 0.05) is 16.6 Å². The molecule has 7 heteroatoms. The Kier molecular flexibility index (Phi) is 5.18. The molecule has 112 valence electrons. The number of amides is 1. The molecule has 0 bridgehead atoms. The summed E-state index contributed by atoms with van der Waals surface area (Å²) in [7, 11) is -3.92. The number of rotatable bonds is 4. The maximum absolute atomic E-state index is 12.2. The van der Waals surface area contributed by atoms with E-state index in [1.807, 2.05) is 20.8 Å². The van der Waals surface area contributed by atoms with Gasteiger partial charge in [0.05, 0.1) is 4.90 Å². The highest BCUT2D eigenvalue weighted by Gasteiger charge is 2.21. The number of benzene rings is 1. The molecule has 0 fully saturated rings. The summed E-state index contributed by atoms with van der Waals surface area (Å²) >= 11 is 5.87. The minimum Gasteiger partial charge on any atom is -0.349 e. The molecule has 0 saturated heterocycles. The fourth-order valence-corrected chi connectivity index (χ4v) is 2.75. The van der Waals surface area contributed by atoms with Crippen molar-refractivity contribution >= 4 is 27.5 Å². The predicted octanol–water partition coefficient (Wildman–Crippen LogP) is 2.07. The minimum atomic E-state index is -3.92. The van der Waals surface area contributed by atoms with Crippen molar-refractivity contribution in [3.05, 3.63) is 28.3 Å². The lowest BCUT2D eigenvalue weighted by atomic mass is 10.0. The van der Waals surface area contributed by atoms with Crippen molar-refractivity contribution in [3.63, 3.8) is 0 Å². The van der Waals surface area contributed by atoms with Crippen LogP contribution >= 0.6 is 11.6 Å². The number of halogens is 1. The fourth-order valence-electron chi connectivity index (χ4n) is 1.64. The Morgan fingerprint density at radius 3 is 2.30 bits per heavy atom. The molecule has 0 aliphatic heterocycles. The Bertz CT molecular complexity index is 627. The molecule has 0 aromatic heterocycles. The molecule has 1 atom stereocenters. The minimum absolute atomic E-state index is 0.0428. The first-order valence-corrected chi connectivity index (χ1v) is 8.10. The zero-order chi connectivity index (χ0) is 15.7. The van der Waals surface area contributed by atoms with Crippen molar-refractivity contribution in [3.8, 4) is 0 Å². The van der Waals surface area contributed by atoms with Gasteiger partial charge in [0.25, 0.3) is 5.91 Å². The Morgan fingerprint density at radius 2 is 1.85 bits per heavy atom. The van der Waals surface area contributed by atoms with Gasteiger partial charge in [-0.1, -0.05) is 25.4 Å². The lowest BCUT2D eigenvalue weighted by molar-refractivity contribution is 0.0929. The average Bonchev–Trinajstić information content (AvgIpc) is 2.29. The molecule has 1 aromatic rings. The molecule has 0 aliphatic carbocycles. The number of hydrogen-bond donors (Lipinski definition) is 2. The summed E-state index contributed by atoms with van der Waals surface area (Å²) in [6.07, 6.45) is 0. The number of primary sulfonamides is 1. The van der Waals surface area contributed by atoms with Crippen molar-refractivity contribution in [1.29, 1.82) is 0 Å². The van der Waals surface area contributed by atoms with Crippen molar-refractivity contribution < 1.29 is 13.2 Å². The largest absolute Gasteiger partial charge is 0.349 e. The lowest BCUT2D eigenvalue weighted by Gasteiger charge is -2.19. The van der Waals surface area contributed by atoms with E-state index in [-0.39, 0.29) is 33.3 Å². The van der Waals surface area contributed by atoms with Crippen LogP contribution in [0.2, 0.25) is 5.02 Å². The van der Waals surface area contributed by atoms with E-state index in [0.717, 1.165) is 0 Å². The van der Waals surface area contributed by atoms with E-state index in [9.17, 15) is 13.2 Å². The summed E-state index contributed by atoms with van der Waals surface area (Å²) in [4.78, 5) is 12.1. The zero-order valence-electron chi connectivity index (χ0n) is 11.9. The molecular formula is C13H19ClN2O3S. The van der Waals surface area contributed by atoms with Crippen molar-refractivity contribution in [2.24, 2.45) is 11.1 Å². The third-order valence-electron chi connectivity index (χ3n) is 3.23. The van der Waals surface area contributed by atoms with Crippen molar-refractivity contribution in [2.45, 2.75) is 38.6 Å². The molecule has 3 N–H and O–H groups in total. The van der Waals surface area contributed by atoms with Crippen LogP contribution in [0, 0.1) is 12.8 Å². The maximum Gasteiger partial charge on any atom is 0.251 e. The predicted molar refractivity (Wildman–Crippen MR) is 79.3 cm³/mol. The molecule has 0 radical (unpaired) electrons. The van der Waals surface area contributed by atoms with Crippen molar-refractivity contribution in [1.82, 2.24) is 5.32 Å². The Morgan fingerprint density at radius 1 is 1.30 bits per heavy atom.